The van der Waals surface area contributed by atoms with Crippen molar-refractivity contribution in [3.05, 3.63) is 52.8 Å². The van der Waals surface area contributed by atoms with Gasteiger partial charge in [-0.25, -0.2) is 0 Å². The van der Waals surface area contributed by atoms with Crippen LogP contribution in [0.1, 0.15) is 18.1 Å². The van der Waals surface area contributed by atoms with Gasteiger partial charge in [0.1, 0.15) is 6.61 Å². The third-order valence-corrected chi connectivity index (χ3v) is 3.26. The van der Waals surface area contributed by atoms with Crippen molar-refractivity contribution >= 4 is 36.4 Å². The van der Waals surface area contributed by atoms with E-state index in [1.807, 2.05) is 24.3 Å². The van der Waals surface area contributed by atoms with Crippen LogP contribution >= 0.6 is 36.4 Å². The number of nitrogens with one attached hydrogen (secondary N) is 1. The largest absolute Gasteiger partial charge is 0.493 e. The first-order valence-electron chi connectivity index (χ1n) is 6.83. The summed E-state index contributed by atoms with van der Waals surface area (Å²) in [4.78, 5) is 4.06. The molecule has 0 spiro atoms. The Kier molecular flexibility index (Phi) is 10.8. The maximum absolute atomic E-state index is 6.31. The van der Waals surface area contributed by atoms with E-state index in [1.165, 1.54) is 0 Å². The molecule has 0 radical (unpaired) electrons. The predicted octanol–water partition coefficient (Wildman–Crippen LogP) is 4.28. The Hall–Kier alpha value is -1.20. The van der Waals surface area contributed by atoms with Gasteiger partial charge in [0, 0.05) is 24.5 Å². The van der Waals surface area contributed by atoms with Gasteiger partial charge in [0.2, 0.25) is 0 Å². The smallest absolute Gasteiger partial charge is 0.180 e. The van der Waals surface area contributed by atoms with Gasteiger partial charge in [-0.15, -0.1) is 24.8 Å². The zero-order valence-corrected chi connectivity index (χ0v) is 15.4. The maximum Gasteiger partial charge on any atom is 0.180 e. The second-order valence-electron chi connectivity index (χ2n) is 4.54. The molecule has 1 aromatic carbocycles. The third kappa shape index (κ3) is 6.43. The van der Waals surface area contributed by atoms with Crippen molar-refractivity contribution in [1.29, 1.82) is 0 Å². The van der Waals surface area contributed by atoms with E-state index >= 15 is 0 Å². The summed E-state index contributed by atoms with van der Waals surface area (Å²) in [5.74, 6) is 1.20. The first kappa shape index (κ1) is 21.8. The lowest BCUT2D eigenvalue weighted by molar-refractivity contribution is 0.284. The van der Waals surface area contributed by atoms with Gasteiger partial charge in [0.05, 0.1) is 12.1 Å². The molecular weight excluding hydrogens is 359 g/mol. The fraction of sp³-hybridized carbons (Fsp3) is 0.312. The minimum atomic E-state index is 0. The van der Waals surface area contributed by atoms with E-state index < -0.39 is 0 Å². The molecule has 0 bridgehead atoms. The van der Waals surface area contributed by atoms with Crippen LogP contribution in [0.4, 0.5) is 0 Å². The number of halogens is 3. The number of pyridine rings is 1. The van der Waals surface area contributed by atoms with Crippen molar-refractivity contribution in [3.63, 3.8) is 0 Å². The van der Waals surface area contributed by atoms with E-state index in [0.717, 1.165) is 24.2 Å². The Morgan fingerprint density at radius 3 is 2.61 bits per heavy atom. The summed E-state index contributed by atoms with van der Waals surface area (Å²) in [7, 11) is 1.61. The summed E-state index contributed by atoms with van der Waals surface area (Å²) < 4.78 is 11.2. The Morgan fingerprint density at radius 1 is 1.22 bits per heavy atom. The van der Waals surface area contributed by atoms with Gasteiger partial charge in [-0.05, 0) is 30.3 Å². The lowest BCUT2D eigenvalue weighted by atomic mass is 10.2. The van der Waals surface area contributed by atoms with Crippen molar-refractivity contribution in [1.82, 2.24) is 10.3 Å². The zero-order chi connectivity index (χ0) is 15.1. The van der Waals surface area contributed by atoms with Crippen molar-refractivity contribution < 1.29 is 9.47 Å². The summed E-state index contributed by atoms with van der Waals surface area (Å²) in [6.45, 7) is 4.11. The van der Waals surface area contributed by atoms with Crippen molar-refractivity contribution in [3.8, 4) is 11.5 Å². The molecule has 128 valence electrons. The van der Waals surface area contributed by atoms with Gasteiger partial charge < -0.3 is 14.8 Å². The number of rotatable bonds is 7. The highest BCUT2D eigenvalue weighted by atomic mass is 35.5. The molecule has 0 atom stereocenters. The molecule has 0 unspecified atom stereocenters. The van der Waals surface area contributed by atoms with Crippen LogP contribution in [-0.4, -0.2) is 18.6 Å². The second-order valence-corrected chi connectivity index (χ2v) is 4.95. The highest BCUT2D eigenvalue weighted by molar-refractivity contribution is 6.32. The van der Waals surface area contributed by atoms with Crippen LogP contribution in [0, 0.1) is 0 Å². The molecule has 0 aliphatic carbocycles. The summed E-state index contributed by atoms with van der Waals surface area (Å²) >= 11 is 6.31. The molecule has 4 nitrogen and oxygen atoms in total. The van der Waals surface area contributed by atoms with E-state index in [0.29, 0.717) is 23.1 Å². The van der Waals surface area contributed by atoms with E-state index in [9.17, 15) is 0 Å². The van der Waals surface area contributed by atoms with Crippen LogP contribution in [0.2, 0.25) is 5.02 Å². The topological polar surface area (TPSA) is 43.4 Å². The molecular formula is C16H21Cl3N2O2. The Bertz CT molecular complexity index is 583. The molecule has 23 heavy (non-hydrogen) atoms. The second kappa shape index (κ2) is 11.4. The van der Waals surface area contributed by atoms with Crippen LogP contribution in [0.15, 0.2) is 36.7 Å². The lowest BCUT2D eigenvalue weighted by Gasteiger charge is -2.14. The Morgan fingerprint density at radius 2 is 2.00 bits per heavy atom. The van der Waals surface area contributed by atoms with Crippen LogP contribution < -0.4 is 14.8 Å². The van der Waals surface area contributed by atoms with Crippen molar-refractivity contribution in [2.45, 2.75) is 20.1 Å². The molecule has 7 heteroatoms. The summed E-state index contributed by atoms with van der Waals surface area (Å²) in [5.41, 5.74) is 2.04. The zero-order valence-electron chi connectivity index (χ0n) is 13.0. The summed E-state index contributed by atoms with van der Waals surface area (Å²) in [6.07, 6.45) is 3.49. The number of nitrogens with zero attached hydrogens (tertiary/aromatic N) is 1. The number of methoxy groups -OCH3 is 1. The fourth-order valence-corrected chi connectivity index (χ4v) is 2.21. The minimum Gasteiger partial charge on any atom is -0.493 e. The molecule has 0 aliphatic rings. The number of hydrogen-bond donors (Lipinski definition) is 1. The molecule has 0 amide bonds. The third-order valence-electron chi connectivity index (χ3n) is 2.97. The monoisotopic (exact) mass is 378 g/mol. The van der Waals surface area contributed by atoms with Gasteiger partial charge in [-0.2, -0.15) is 0 Å². The molecule has 0 aliphatic heterocycles. The molecule has 2 aromatic rings. The van der Waals surface area contributed by atoms with Gasteiger partial charge in [-0.3, -0.25) is 4.98 Å². The average molecular weight is 380 g/mol. The standard InChI is InChI=1S/C16H19ClN2O2.2ClH/c1-3-18-10-13-7-14(17)16(15(8-13)20-2)21-11-12-5-4-6-19-9-12;;/h4-9,18H,3,10-11H2,1-2H3;2*1H. The molecule has 0 saturated heterocycles. The molecule has 0 saturated carbocycles. The average Bonchev–Trinajstić information content (AvgIpc) is 2.52. The first-order chi connectivity index (χ1) is 10.2. The fourth-order valence-electron chi connectivity index (χ4n) is 1.92. The summed E-state index contributed by atoms with van der Waals surface area (Å²) in [5, 5.41) is 3.80. The van der Waals surface area contributed by atoms with Gasteiger partial charge in [0.15, 0.2) is 11.5 Å². The quantitative estimate of drug-likeness (QED) is 0.780. The van der Waals surface area contributed by atoms with Gasteiger partial charge in [0.25, 0.3) is 0 Å². The van der Waals surface area contributed by atoms with E-state index in [2.05, 4.69) is 17.2 Å². The molecule has 2 rings (SSSR count). The minimum absolute atomic E-state index is 0. The van der Waals surface area contributed by atoms with E-state index in [-0.39, 0.29) is 24.8 Å². The van der Waals surface area contributed by atoms with Crippen LogP contribution in [0.5, 0.6) is 11.5 Å². The van der Waals surface area contributed by atoms with Crippen LogP contribution in [0.3, 0.4) is 0 Å². The molecule has 1 N–H and O–H groups in total. The molecule has 1 heterocycles. The van der Waals surface area contributed by atoms with Crippen molar-refractivity contribution in [2.75, 3.05) is 13.7 Å². The van der Waals surface area contributed by atoms with Gasteiger partial charge in [-0.1, -0.05) is 24.6 Å². The molecule has 0 fully saturated rings. The highest BCUT2D eigenvalue weighted by Gasteiger charge is 2.12. The van der Waals surface area contributed by atoms with E-state index in [1.54, 1.807) is 19.5 Å². The Labute approximate surface area is 154 Å². The summed E-state index contributed by atoms with van der Waals surface area (Å²) in [6, 6.07) is 7.66. The molecule has 1 aromatic heterocycles. The Balaban J connectivity index is 0.00000242. The van der Waals surface area contributed by atoms with Crippen LogP contribution in [0.25, 0.3) is 0 Å². The lowest BCUT2D eigenvalue weighted by Crippen LogP contribution is -2.12. The van der Waals surface area contributed by atoms with Gasteiger partial charge >= 0.3 is 0 Å². The maximum atomic E-state index is 6.31. The SMILES string of the molecule is CCNCc1cc(Cl)c(OCc2cccnc2)c(OC)c1.Cl.Cl. The number of aromatic nitrogens is 1. The van der Waals surface area contributed by atoms with Crippen molar-refractivity contribution in [2.24, 2.45) is 0 Å². The normalized spacial score (nSPS) is 9.52. The number of benzene rings is 1. The first-order valence-corrected chi connectivity index (χ1v) is 7.21. The number of ether oxygens (including phenoxy) is 2. The predicted molar refractivity (Wildman–Crippen MR) is 98.4 cm³/mol. The van der Waals surface area contributed by atoms with Crippen LogP contribution in [-0.2, 0) is 13.2 Å². The number of hydrogen-bond acceptors (Lipinski definition) is 4. The van der Waals surface area contributed by atoms with E-state index in [4.69, 9.17) is 21.1 Å². The highest BCUT2D eigenvalue weighted by Crippen LogP contribution is 2.36.